The number of benzene rings is 2. The van der Waals surface area contributed by atoms with Gasteiger partial charge in [-0.1, -0.05) is 59.5 Å². The lowest BCUT2D eigenvalue weighted by atomic mass is 10.1. The van der Waals surface area contributed by atoms with Crippen molar-refractivity contribution in [1.82, 2.24) is 20.4 Å². The molecule has 28 heavy (non-hydrogen) atoms. The lowest BCUT2D eigenvalue weighted by Gasteiger charge is -2.03. The van der Waals surface area contributed by atoms with Gasteiger partial charge in [0, 0.05) is 11.1 Å². The molecule has 2 aromatic carbocycles. The van der Waals surface area contributed by atoms with Crippen LogP contribution in [0.2, 0.25) is 0 Å². The van der Waals surface area contributed by atoms with Gasteiger partial charge in [0.1, 0.15) is 0 Å². The van der Waals surface area contributed by atoms with Crippen molar-refractivity contribution in [2.45, 2.75) is 17.0 Å². The van der Waals surface area contributed by atoms with Crippen LogP contribution in [0.3, 0.4) is 0 Å². The predicted octanol–water partition coefficient (Wildman–Crippen LogP) is 4.44. The van der Waals surface area contributed by atoms with Crippen LogP contribution in [0.1, 0.15) is 21.8 Å². The molecule has 1 N–H and O–H groups in total. The first kappa shape index (κ1) is 18.3. The Hall–Kier alpha value is -3.04. The van der Waals surface area contributed by atoms with E-state index in [9.17, 15) is 4.79 Å². The Bertz CT molecular complexity index is 1090. The molecule has 0 unspecified atom stereocenters. The zero-order chi connectivity index (χ0) is 19.3. The van der Waals surface area contributed by atoms with Crippen LogP contribution in [-0.4, -0.2) is 26.3 Å². The Morgan fingerprint density at radius 2 is 1.82 bits per heavy atom. The maximum absolute atomic E-state index is 12.3. The van der Waals surface area contributed by atoms with Crippen molar-refractivity contribution >= 4 is 34.1 Å². The van der Waals surface area contributed by atoms with Gasteiger partial charge in [0.25, 0.3) is 5.91 Å². The highest BCUT2D eigenvalue weighted by Gasteiger charge is 2.14. The number of hydrogen-bond donors (Lipinski definition) is 1. The van der Waals surface area contributed by atoms with Gasteiger partial charge >= 0.3 is 0 Å². The molecule has 0 aliphatic rings. The monoisotopic (exact) mass is 409 g/mol. The van der Waals surface area contributed by atoms with Crippen molar-refractivity contribution in [2.24, 2.45) is 0 Å². The van der Waals surface area contributed by atoms with Crippen molar-refractivity contribution in [1.29, 1.82) is 0 Å². The summed E-state index contributed by atoms with van der Waals surface area (Å²) in [4.78, 5) is 12.3. The number of amides is 1. The summed E-state index contributed by atoms with van der Waals surface area (Å²) < 4.78 is 6.39. The van der Waals surface area contributed by atoms with Crippen molar-refractivity contribution < 1.29 is 9.21 Å². The molecular weight excluding hydrogens is 394 g/mol. The summed E-state index contributed by atoms with van der Waals surface area (Å²) >= 11 is 2.73. The first-order chi connectivity index (χ1) is 13.7. The second kappa shape index (κ2) is 8.32. The zero-order valence-corrected chi connectivity index (χ0v) is 16.5. The quantitative estimate of drug-likeness (QED) is 0.372. The molecule has 2 heterocycles. The van der Waals surface area contributed by atoms with Gasteiger partial charge in [0.2, 0.25) is 16.9 Å². The second-order valence-corrected chi connectivity index (χ2v) is 8.00. The van der Waals surface area contributed by atoms with E-state index in [1.807, 2.05) is 55.5 Å². The SMILES string of the molecule is Cc1ccccc1C(=O)Nc1nnc(SCc2nnc(-c3ccccc3)o2)s1. The van der Waals surface area contributed by atoms with E-state index in [4.69, 9.17) is 4.42 Å². The van der Waals surface area contributed by atoms with Gasteiger partial charge in [-0.15, -0.1) is 20.4 Å². The number of rotatable bonds is 6. The first-order valence-electron chi connectivity index (χ1n) is 8.40. The van der Waals surface area contributed by atoms with E-state index in [1.54, 1.807) is 6.07 Å². The molecule has 9 heteroatoms. The third-order valence-electron chi connectivity index (χ3n) is 3.82. The van der Waals surface area contributed by atoms with Crippen LogP contribution in [0.5, 0.6) is 0 Å². The van der Waals surface area contributed by atoms with Gasteiger partial charge in [-0.25, -0.2) is 0 Å². The maximum atomic E-state index is 12.3. The summed E-state index contributed by atoms with van der Waals surface area (Å²) in [7, 11) is 0. The van der Waals surface area contributed by atoms with Crippen LogP contribution >= 0.6 is 23.1 Å². The summed E-state index contributed by atoms with van der Waals surface area (Å²) in [6, 6.07) is 17.0. The highest BCUT2D eigenvalue weighted by atomic mass is 32.2. The summed E-state index contributed by atoms with van der Waals surface area (Å²) in [6.07, 6.45) is 0. The van der Waals surface area contributed by atoms with Gasteiger partial charge in [0.15, 0.2) is 4.34 Å². The molecule has 0 fully saturated rings. The molecular formula is C19H15N5O2S2. The summed E-state index contributed by atoms with van der Waals surface area (Å²) in [5.74, 6) is 1.26. The van der Waals surface area contributed by atoms with Crippen molar-refractivity contribution in [3.63, 3.8) is 0 Å². The Balaban J connectivity index is 1.36. The van der Waals surface area contributed by atoms with Gasteiger partial charge in [-0.2, -0.15) is 0 Å². The minimum absolute atomic E-state index is 0.199. The molecule has 0 atom stereocenters. The summed E-state index contributed by atoms with van der Waals surface area (Å²) in [6.45, 7) is 1.89. The molecule has 0 aliphatic heterocycles. The summed E-state index contributed by atoms with van der Waals surface area (Å²) in [5.41, 5.74) is 2.40. The van der Waals surface area contributed by atoms with E-state index in [-0.39, 0.29) is 5.91 Å². The number of carbonyl (C=O) groups excluding carboxylic acids is 1. The molecule has 0 aliphatic carbocycles. The normalized spacial score (nSPS) is 10.8. The van der Waals surface area contributed by atoms with E-state index in [2.05, 4.69) is 25.7 Å². The molecule has 4 aromatic rings. The number of aromatic nitrogens is 4. The standard InChI is InChI=1S/C19H15N5O2S2/c1-12-7-5-6-10-14(12)16(25)20-18-23-24-19(28-18)27-11-15-21-22-17(26-15)13-8-3-2-4-9-13/h2-10H,11H2,1H3,(H,20,23,25). The van der Waals surface area contributed by atoms with E-state index in [0.717, 1.165) is 11.1 Å². The van der Waals surface area contributed by atoms with Crippen LogP contribution in [0.15, 0.2) is 63.4 Å². The van der Waals surface area contributed by atoms with Gasteiger partial charge in [-0.3, -0.25) is 10.1 Å². The third kappa shape index (κ3) is 4.26. The fraction of sp³-hybridized carbons (Fsp3) is 0.105. The molecule has 0 saturated carbocycles. The zero-order valence-electron chi connectivity index (χ0n) is 14.8. The first-order valence-corrected chi connectivity index (χ1v) is 10.2. The minimum Gasteiger partial charge on any atom is -0.420 e. The van der Waals surface area contributed by atoms with Gasteiger partial charge < -0.3 is 4.42 Å². The topological polar surface area (TPSA) is 93.8 Å². The molecule has 0 spiro atoms. The van der Waals surface area contributed by atoms with Crippen molar-refractivity contribution in [3.05, 3.63) is 71.6 Å². The van der Waals surface area contributed by atoms with E-state index in [1.165, 1.54) is 23.1 Å². The molecule has 0 bridgehead atoms. The van der Waals surface area contributed by atoms with Crippen LogP contribution in [0, 0.1) is 6.92 Å². The van der Waals surface area contributed by atoms with Crippen LogP contribution < -0.4 is 5.32 Å². The number of nitrogens with one attached hydrogen (secondary N) is 1. The molecule has 2 aromatic heterocycles. The minimum atomic E-state index is -0.199. The summed E-state index contributed by atoms with van der Waals surface area (Å²) in [5, 5.41) is 19.5. The smallest absolute Gasteiger partial charge is 0.257 e. The molecule has 4 rings (SSSR count). The van der Waals surface area contributed by atoms with E-state index >= 15 is 0 Å². The Kier molecular flexibility index (Phi) is 5.45. The highest BCUT2D eigenvalue weighted by molar-refractivity contribution is 8.00. The average molecular weight is 409 g/mol. The fourth-order valence-corrected chi connectivity index (χ4v) is 4.03. The van der Waals surface area contributed by atoms with Crippen LogP contribution in [0.4, 0.5) is 5.13 Å². The number of aryl methyl sites for hydroxylation is 1. The Morgan fingerprint density at radius 1 is 1.04 bits per heavy atom. The number of hydrogen-bond acceptors (Lipinski definition) is 8. The molecule has 140 valence electrons. The highest BCUT2D eigenvalue weighted by Crippen LogP contribution is 2.29. The third-order valence-corrected chi connectivity index (χ3v) is 5.78. The lowest BCUT2D eigenvalue weighted by molar-refractivity contribution is 0.102. The average Bonchev–Trinajstić information content (AvgIpc) is 3.37. The maximum Gasteiger partial charge on any atom is 0.257 e. The fourth-order valence-electron chi connectivity index (χ4n) is 2.44. The van der Waals surface area contributed by atoms with Gasteiger partial charge in [-0.05, 0) is 30.7 Å². The van der Waals surface area contributed by atoms with E-state index in [0.29, 0.717) is 32.6 Å². The Labute approximate surface area is 169 Å². The number of anilines is 1. The molecule has 1 amide bonds. The van der Waals surface area contributed by atoms with Crippen LogP contribution in [-0.2, 0) is 5.75 Å². The Morgan fingerprint density at radius 3 is 2.64 bits per heavy atom. The van der Waals surface area contributed by atoms with Crippen LogP contribution in [0.25, 0.3) is 11.5 Å². The largest absolute Gasteiger partial charge is 0.420 e. The number of carbonyl (C=O) groups is 1. The number of thioether (sulfide) groups is 1. The lowest BCUT2D eigenvalue weighted by Crippen LogP contribution is -2.12. The predicted molar refractivity (Wildman–Crippen MR) is 108 cm³/mol. The molecule has 0 radical (unpaired) electrons. The van der Waals surface area contributed by atoms with Crippen molar-refractivity contribution in [2.75, 3.05) is 5.32 Å². The molecule has 0 saturated heterocycles. The molecule has 7 nitrogen and oxygen atoms in total. The second-order valence-electron chi connectivity index (χ2n) is 5.80. The van der Waals surface area contributed by atoms with Crippen molar-refractivity contribution in [3.8, 4) is 11.5 Å². The van der Waals surface area contributed by atoms with Gasteiger partial charge in [0.05, 0.1) is 5.75 Å². The number of nitrogens with zero attached hydrogens (tertiary/aromatic N) is 4. The van der Waals surface area contributed by atoms with E-state index < -0.39 is 0 Å².